The molecule has 0 aliphatic heterocycles. The van der Waals surface area contributed by atoms with E-state index in [1.165, 1.54) is 0 Å². The first-order valence-corrected chi connectivity index (χ1v) is 12.5. The van der Waals surface area contributed by atoms with Crippen molar-refractivity contribution in [2.24, 2.45) is 13.0 Å². The molecule has 0 amide bonds. The van der Waals surface area contributed by atoms with Crippen LogP contribution in [-0.4, -0.2) is 45.1 Å². The Balaban J connectivity index is 1.53. The van der Waals surface area contributed by atoms with Gasteiger partial charge in [0.15, 0.2) is 0 Å². The average molecular weight is 588 g/mol. The monoisotopic (exact) mass is 588 g/mol. The van der Waals surface area contributed by atoms with E-state index in [-0.39, 0.29) is 0 Å². The third kappa shape index (κ3) is 4.81. The summed E-state index contributed by atoms with van der Waals surface area (Å²) in [6.45, 7) is 1.33. The Morgan fingerprint density at radius 2 is 2.03 bits per heavy atom. The summed E-state index contributed by atoms with van der Waals surface area (Å²) in [5.74, 6) is 2.86. The van der Waals surface area contributed by atoms with Crippen LogP contribution >= 0.6 is 23.0 Å². The number of nitrogens with one attached hydrogen (secondary N) is 1. The van der Waals surface area contributed by atoms with E-state index in [1.54, 1.807) is 20.5 Å². The highest BCUT2D eigenvalue weighted by Gasteiger charge is 2.29. The van der Waals surface area contributed by atoms with E-state index in [0.717, 1.165) is 71.0 Å². The quantitative estimate of drug-likeness (QED) is 0.270. The minimum Gasteiger partial charge on any atom is -0.497 e. The zero-order chi connectivity index (χ0) is 24.4. The van der Waals surface area contributed by atoms with Gasteiger partial charge in [0.2, 0.25) is 0 Å². The highest BCUT2D eigenvalue weighted by molar-refractivity contribution is 14.1. The number of hydrogen-bond acceptors (Lipinski definition) is 7. The molecular weight excluding hydrogens is 559 g/mol. The number of methoxy groups -OCH3 is 2. The van der Waals surface area contributed by atoms with Crippen molar-refractivity contribution < 1.29 is 12.5 Å². The number of halogens is 1. The Morgan fingerprint density at radius 3 is 2.77 bits per heavy atom. The van der Waals surface area contributed by atoms with Crippen molar-refractivity contribution in [3.63, 3.8) is 0 Å². The maximum atomic E-state index is 5.58. The van der Waals surface area contributed by atoms with Crippen LogP contribution in [0.3, 0.4) is 0 Å². The molecule has 3 heterocycles. The second-order valence-corrected chi connectivity index (χ2v) is 9.51. The van der Waals surface area contributed by atoms with Crippen molar-refractivity contribution in [3.8, 4) is 22.8 Å². The molecule has 0 bridgehead atoms. The predicted octanol–water partition coefficient (Wildman–Crippen LogP) is 5.17. The number of anilines is 1. The van der Waals surface area contributed by atoms with Crippen LogP contribution in [0.5, 0.6) is 11.5 Å². The summed E-state index contributed by atoms with van der Waals surface area (Å²) in [7, 11) is 5.24. The fourth-order valence-electron chi connectivity index (χ4n) is 4.97. The summed E-state index contributed by atoms with van der Waals surface area (Å²) < 4.78 is 20.4. The normalized spacial score (nSPS) is 17.7. The first kappa shape index (κ1) is 23.9. The largest absolute Gasteiger partial charge is 0.497 e. The van der Waals surface area contributed by atoms with Gasteiger partial charge in [-0.15, -0.1) is 0 Å². The molecule has 2 atom stereocenters. The summed E-state index contributed by atoms with van der Waals surface area (Å²) in [5, 5.41) is 9.19. The lowest BCUT2D eigenvalue weighted by Crippen LogP contribution is -2.08. The lowest BCUT2D eigenvalue weighted by atomic mass is 10.1. The highest BCUT2D eigenvalue weighted by Crippen LogP contribution is 2.41. The van der Waals surface area contributed by atoms with Crippen molar-refractivity contribution in [2.45, 2.75) is 31.8 Å². The van der Waals surface area contributed by atoms with Crippen molar-refractivity contribution >= 4 is 39.9 Å². The molecule has 0 saturated heterocycles. The fraction of sp³-hybridized carbons (Fsp3) is 0.400. The Kier molecular flexibility index (Phi) is 7.09. The molecular formula is C25H29IN6O3. The Morgan fingerprint density at radius 1 is 1.14 bits per heavy atom. The summed E-state index contributed by atoms with van der Waals surface area (Å²) in [4.78, 5) is 9.36. The first-order valence-electron chi connectivity index (χ1n) is 11.6. The summed E-state index contributed by atoms with van der Waals surface area (Å²) in [6, 6.07) is 8.22. The Bertz CT molecular complexity index is 1320. The number of fused-ring (bicyclic) bond motifs is 1. The lowest BCUT2D eigenvalue weighted by Gasteiger charge is -2.14. The third-order valence-corrected chi connectivity index (χ3v) is 7.10. The van der Waals surface area contributed by atoms with Gasteiger partial charge in [0.05, 0.1) is 31.9 Å². The molecule has 0 spiro atoms. The molecule has 184 valence electrons. The van der Waals surface area contributed by atoms with Gasteiger partial charge in [-0.25, -0.2) is 9.97 Å². The number of nitrogens with zero attached hydrogens (tertiary/aromatic N) is 5. The molecule has 2 unspecified atom stereocenters. The topological polar surface area (TPSA) is 88.2 Å². The summed E-state index contributed by atoms with van der Waals surface area (Å²) >= 11 is 1.99. The molecule has 5 rings (SSSR count). The minimum absolute atomic E-state index is 0.371. The zero-order valence-corrected chi connectivity index (χ0v) is 22.2. The van der Waals surface area contributed by atoms with Gasteiger partial charge in [-0.3, -0.25) is 4.68 Å². The third-order valence-electron chi connectivity index (χ3n) is 6.75. The molecule has 1 aromatic carbocycles. The molecule has 1 fully saturated rings. The van der Waals surface area contributed by atoms with Crippen LogP contribution in [0.1, 0.15) is 30.9 Å². The van der Waals surface area contributed by atoms with Gasteiger partial charge in [-0.1, -0.05) is 0 Å². The maximum Gasteiger partial charge on any atom is 0.146 e. The van der Waals surface area contributed by atoms with E-state index in [9.17, 15) is 0 Å². The van der Waals surface area contributed by atoms with Crippen LogP contribution in [0.2, 0.25) is 0 Å². The first-order chi connectivity index (χ1) is 17.1. The van der Waals surface area contributed by atoms with E-state index >= 15 is 0 Å². The second kappa shape index (κ2) is 10.4. The van der Waals surface area contributed by atoms with Crippen molar-refractivity contribution in [1.82, 2.24) is 24.3 Å². The SMILES string of the molecule is COc1ccc(CNc2ncnc3c2c(-c2ccn(C)n2)cn3C2CCC(COI)C2)c(OC)c1. The van der Waals surface area contributed by atoms with Crippen LogP contribution < -0.4 is 14.8 Å². The van der Waals surface area contributed by atoms with Gasteiger partial charge >= 0.3 is 0 Å². The van der Waals surface area contributed by atoms with E-state index in [0.29, 0.717) is 18.5 Å². The Hall–Kier alpha value is -2.86. The van der Waals surface area contributed by atoms with Gasteiger partial charge in [-0.05, 0) is 43.4 Å². The highest BCUT2D eigenvalue weighted by atomic mass is 127. The fourth-order valence-corrected chi connectivity index (χ4v) is 5.48. The van der Waals surface area contributed by atoms with Gasteiger partial charge in [0, 0.05) is 49.2 Å². The van der Waals surface area contributed by atoms with Crippen LogP contribution in [0.4, 0.5) is 5.82 Å². The standard InChI is InChI=1S/C25H29IN6O3/c1-31-9-8-21(30-31)20-13-32(18-6-4-16(10-18)14-35-26)25-23(20)24(28-15-29-25)27-12-17-5-7-19(33-2)11-22(17)34-3/h5,7-9,11,13,15-16,18H,4,6,10,12,14H2,1-3H3,(H,27,28,29). The van der Waals surface area contributed by atoms with Crippen molar-refractivity contribution in [2.75, 3.05) is 26.1 Å². The van der Waals surface area contributed by atoms with E-state index in [4.69, 9.17) is 17.5 Å². The molecule has 1 N–H and O–H groups in total. The number of aryl methyl sites for hydroxylation is 1. The van der Waals surface area contributed by atoms with E-state index in [1.807, 2.05) is 65.2 Å². The van der Waals surface area contributed by atoms with Gasteiger partial charge < -0.3 is 22.4 Å². The predicted molar refractivity (Wildman–Crippen MR) is 143 cm³/mol. The molecule has 1 saturated carbocycles. The van der Waals surface area contributed by atoms with Crippen LogP contribution in [0.15, 0.2) is 43.0 Å². The number of aromatic nitrogens is 5. The maximum absolute atomic E-state index is 5.58. The number of benzene rings is 1. The lowest BCUT2D eigenvalue weighted by molar-refractivity contribution is 0.319. The zero-order valence-electron chi connectivity index (χ0n) is 20.1. The second-order valence-electron chi connectivity index (χ2n) is 8.89. The molecule has 3 aromatic heterocycles. The number of hydrogen-bond donors (Lipinski definition) is 1. The molecule has 35 heavy (non-hydrogen) atoms. The van der Waals surface area contributed by atoms with Crippen LogP contribution in [0.25, 0.3) is 22.3 Å². The number of ether oxygens (including phenoxy) is 2. The smallest absolute Gasteiger partial charge is 0.146 e. The Labute approximate surface area is 218 Å². The van der Waals surface area contributed by atoms with E-state index in [2.05, 4.69) is 26.2 Å². The average Bonchev–Trinajstić information content (AvgIpc) is 3.61. The van der Waals surface area contributed by atoms with Gasteiger partial charge in [0.1, 0.15) is 52.3 Å². The number of rotatable bonds is 9. The molecule has 9 nitrogen and oxygen atoms in total. The van der Waals surface area contributed by atoms with Crippen molar-refractivity contribution in [1.29, 1.82) is 0 Å². The van der Waals surface area contributed by atoms with Crippen molar-refractivity contribution in [3.05, 3.63) is 48.5 Å². The molecule has 10 heteroatoms. The molecule has 1 aliphatic rings. The van der Waals surface area contributed by atoms with E-state index < -0.39 is 0 Å². The molecule has 4 aromatic rings. The summed E-state index contributed by atoms with van der Waals surface area (Å²) in [5.41, 5.74) is 3.86. The van der Waals surface area contributed by atoms with Crippen LogP contribution in [0, 0.1) is 5.92 Å². The summed E-state index contributed by atoms with van der Waals surface area (Å²) in [6.07, 6.45) is 9.12. The molecule has 0 radical (unpaired) electrons. The van der Waals surface area contributed by atoms with Crippen LogP contribution in [-0.2, 0) is 16.7 Å². The van der Waals surface area contributed by atoms with Gasteiger partial charge in [0.25, 0.3) is 0 Å². The van der Waals surface area contributed by atoms with Gasteiger partial charge in [-0.2, -0.15) is 5.10 Å². The molecule has 1 aliphatic carbocycles. The minimum atomic E-state index is 0.371.